The van der Waals surface area contributed by atoms with Crippen molar-refractivity contribution in [2.45, 2.75) is 18.9 Å². The highest BCUT2D eigenvalue weighted by atomic mass is 16.6. The van der Waals surface area contributed by atoms with Crippen molar-refractivity contribution in [1.82, 2.24) is 15.0 Å². The Kier molecular flexibility index (Phi) is 3.34. The summed E-state index contributed by atoms with van der Waals surface area (Å²) in [6.07, 6.45) is 2.57. The number of nitro benzene ring substituents is 1. The molecule has 3 N–H and O–H groups in total. The van der Waals surface area contributed by atoms with Crippen molar-refractivity contribution in [3.05, 3.63) is 72.4 Å². The molecule has 0 fully saturated rings. The second-order valence-electron chi connectivity index (χ2n) is 5.91. The maximum Gasteiger partial charge on any atom is 0.314 e. The van der Waals surface area contributed by atoms with Crippen molar-refractivity contribution in [2.24, 2.45) is 0 Å². The molecule has 0 bridgehead atoms. The van der Waals surface area contributed by atoms with Gasteiger partial charge in [0.05, 0.1) is 16.0 Å². The van der Waals surface area contributed by atoms with Gasteiger partial charge in [-0.3, -0.25) is 19.7 Å². The van der Waals surface area contributed by atoms with Gasteiger partial charge in [0.25, 0.3) is 5.69 Å². The van der Waals surface area contributed by atoms with Crippen LogP contribution in [0.5, 0.6) is 0 Å². The van der Waals surface area contributed by atoms with Gasteiger partial charge in [-0.25, -0.2) is 4.98 Å². The fourth-order valence-corrected chi connectivity index (χ4v) is 3.30. The summed E-state index contributed by atoms with van der Waals surface area (Å²) in [4.78, 5) is 43.3. The zero-order valence-electron chi connectivity index (χ0n) is 12.9. The van der Waals surface area contributed by atoms with Crippen LogP contribution in [0.4, 0.5) is 11.5 Å². The van der Waals surface area contributed by atoms with E-state index in [0.717, 1.165) is 0 Å². The summed E-state index contributed by atoms with van der Waals surface area (Å²) < 4.78 is 0. The highest BCUT2D eigenvalue weighted by molar-refractivity contribution is 5.84. The van der Waals surface area contributed by atoms with Crippen LogP contribution >= 0.6 is 0 Å². The van der Waals surface area contributed by atoms with Gasteiger partial charge in [0.2, 0.25) is 0 Å². The van der Waals surface area contributed by atoms with Crippen LogP contribution in [0.15, 0.2) is 40.1 Å². The Morgan fingerprint density at radius 3 is 2.64 bits per heavy atom. The smallest absolute Gasteiger partial charge is 0.314 e. The lowest BCUT2D eigenvalue weighted by molar-refractivity contribution is -0.385. The van der Waals surface area contributed by atoms with Gasteiger partial charge in [0, 0.05) is 30.3 Å². The SMILES string of the molecule is O=c1[nH]c2cc([N+](=O)[O-])c3c(c2[nH]c1=O)CC(Nc1ccccn1)C3. The molecule has 9 heteroatoms. The topological polar surface area (TPSA) is 134 Å². The molecule has 0 amide bonds. The molecule has 3 aromatic rings. The van der Waals surface area contributed by atoms with Gasteiger partial charge in [-0.15, -0.1) is 0 Å². The third-order valence-corrected chi connectivity index (χ3v) is 4.33. The Morgan fingerprint density at radius 2 is 1.92 bits per heavy atom. The van der Waals surface area contributed by atoms with Crippen LogP contribution in [-0.2, 0) is 12.8 Å². The maximum atomic E-state index is 11.7. The van der Waals surface area contributed by atoms with Gasteiger partial charge in [-0.05, 0) is 24.1 Å². The maximum absolute atomic E-state index is 11.7. The first-order valence-corrected chi connectivity index (χ1v) is 7.66. The number of benzene rings is 1. The van der Waals surface area contributed by atoms with Gasteiger partial charge in [-0.1, -0.05) is 6.07 Å². The first-order chi connectivity index (χ1) is 12.0. The first kappa shape index (κ1) is 15.1. The van der Waals surface area contributed by atoms with Crippen LogP contribution in [0.25, 0.3) is 11.0 Å². The Balaban J connectivity index is 1.83. The molecule has 2 heterocycles. The molecule has 0 saturated heterocycles. The number of hydrogen-bond acceptors (Lipinski definition) is 6. The van der Waals surface area contributed by atoms with Crippen molar-refractivity contribution in [3.63, 3.8) is 0 Å². The number of aromatic nitrogens is 3. The number of rotatable bonds is 3. The fourth-order valence-electron chi connectivity index (χ4n) is 3.30. The number of pyridine rings is 1. The zero-order chi connectivity index (χ0) is 17.6. The lowest BCUT2D eigenvalue weighted by atomic mass is 10.1. The lowest BCUT2D eigenvalue weighted by Gasteiger charge is -2.12. The average molecular weight is 339 g/mol. The van der Waals surface area contributed by atoms with E-state index in [2.05, 4.69) is 20.3 Å². The van der Waals surface area contributed by atoms with Crippen molar-refractivity contribution >= 4 is 22.5 Å². The summed E-state index contributed by atoms with van der Waals surface area (Å²) in [6, 6.07) is 6.67. The number of fused-ring (bicyclic) bond motifs is 3. The van der Waals surface area contributed by atoms with Gasteiger partial charge in [0.15, 0.2) is 0 Å². The molecule has 1 aliphatic carbocycles. The van der Waals surface area contributed by atoms with Crippen molar-refractivity contribution in [1.29, 1.82) is 0 Å². The molecule has 126 valence electrons. The summed E-state index contributed by atoms with van der Waals surface area (Å²) in [5, 5.41) is 14.7. The molecule has 1 atom stereocenters. The Morgan fingerprint density at radius 1 is 1.16 bits per heavy atom. The lowest BCUT2D eigenvalue weighted by Crippen LogP contribution is -2.29. The monoisotopic (exact) mass is 339 g/mol. The fraction of sp³-hybridized carbons (Fsp3) is 0.188. The average Bonchev–Trinajstić information content (AvgIpc) is 3.00. The van der Waals surface area contributed by atoms with Crippen LogP contribution in [0.3, 0.4) is 0 Å². The standard InChI is InChI=1S/C16H13N5O4/c22-15-16(23)20-14-10-6-8(18-13-3-1-2-4-17-13)5-9(10)12(21(24)25)7-11(14)19-15/h1-4,7-8H,5-6H2,(H,17,18)(H,19,22)(H,20,23). The number of nitro groups is 1. The number of nitrogens with zero attached hydrogens (tertiary/aromatic N) is 2. The number of aromatic amines is 2. The largest absolute Gasteiger partial charge is 0.367 e. The highest BCUT2D eigenvalue weighted by Gasteiger charge is 2.31. The Labute approximate surface area is 139 Å². The molecular formula is C16H13N5O4. The van der Waals surface area contributed by atoms with E-state index in [9.17, 15) is 19.7 Å². The Hall–Kier alpha value is -3.49. The van der Waals surface area contributed by atoms with Crippen LogP contribution in [-0.4, -0.2) is 25.9 Å². The minimum absolute atomic E-state index is 0.0597. The Bertz CT molecular complexity index is 1100. The van der Waals surface area contributed by atoms with Crippen LogP contribution in [0, 0.1) is 10.1 Å². The van der Waals surface area contributed by atoms with E-state index in [1.807, 2.05) is 12.1 Å². The number of hydrogen-bond donors (Lipinski definition) is 3. The van der Waals surface area contributed by atoms with E-state index < -0.39 is 16.0 Å². The van der Waals surface area contributed by atoms with E-state index in [1.54, 1.807) is 12.3 Å². The number of anilines is 1. The van der Waals surface area contributed by atoms with Crippen molar-refractivity contribution < 1.29 is 4.92 Å². The van der Waals surface area contributed by atoms with E-state index >= 15 is 0 Å². The van der Waals surface area contributed by atoms with Gasteiger partial charge >= 0.3 is 11.1 Å². The quantitative estimate of drug-likeness (QED) is 0.372. The molecule has 25 heavy (non-hydrogen) atoms. The molecule has 2 aromatic heterocycles. The third-order valence-electron chi connectivity index (χ3n) is 4.33. The third kappa shape index (κ3) is 2.55. The molecule has 0 spiro atoms. The molecule has 1 unspecified atom stereocenters. The summed E-state index contributed by atoms with van der Waals surface area (Å²) in [6.45, 7) is 0. The molecule has 1 aromatic carbocycles. The van der Waals surface area contributed by atoms with Gasteiger partial charge in [0.1, 0.15) is 5.82 Å². The normalized spacial score (nSPS) is 15.9. The highest BCUT2D eigenvalue weighted by Crippen LogP contribution is 2.35. The van der Waals surface area contributed by atoms with Crippen LogP contribution < -0.4 is 16.4 Å². The second-order valence-corrected chi connectivity index (χ2v) is 5.91. The summed E-state index contributed by atoms with van der Waals surface area (Å²) >= 11 is 0. The van der Waals surface area contributed by atoms with E-state index in [1.165, 1.54) is 6.07 Å². The molecule has 9 nitrogen and oxygen atoms in total. The van der Waals surface area contributed by atoms with Crippen LogP contribution in [0.1, 0.15) is 11.1 Å². The van der Waals surface area contributed by atoms with Crippen LogP contribution in [0.2, 0.25) is 0 Å². The van der Waals surface area contributed by atoms with Crippen molar-refractivity contribution in [2.75, 3.05) is 5.32 Å². The summed E-state index contributed by atoms with van der Waals surface area (Å²) in [7, 11) is 0. The minimum atomic E-state index is -0.831. The number of H-pyrrole nitrogens is 2. The van der Waals surface area contributed by atoms with E-state index in [4.69, 9.17) is 0 Å². The van der Waals surface area contributed by atoms with Gasteiger partial charge in [-0.2, -0.15) is 0 Å². The first-order valence-electron chi connectivity index (χ1n) is 7.66. The van der Waals surface area contributed by atoms with E-state index in [-0.39, 0.29) is 17.2 Å². The second kappa shape index (κ2) is 5.55. The zero-order valence-corrected chi connectivity index (χ0v) is 12.9. The van der Waals surface area contributed by atoms with Gasteiger partial charge < -0.3 is 15.3 Å². The minimum Gasteiger partial charge on any atom is -0.367 e. The molecule has 1 aliphatic rings. The molecular weight excluding hydrogens is 326 g/mol. The molecule has 0 saturated carbocycles. The summed E-state index contributed by atoms with van der Waals surface area (Å²) in [5.41, 5.74) is 0.270. The molecule has 0 aliphatic heterocycles. The predicted molar refractivity (Wildman–Crippen MR) is 90.9 cm³/mol. The molecule has 4 rings (SSSR count). The van der Waals surface area contributed by atoms with Crippen molar-refractivity contribution in [3.8, 4) is 0 Å². The predicted octanol–water partition coefficient (Wildman–Crippen LogP) is 1.10. The number of nitrogens with one attached hydrogen (secondary N) is 3. The van der Waals surface area contributed by atoms with E-state index in [0.29, 0.717) is 35.3 Å². The summed E-state index contributed by atoms with van der Waals surface area (Å²) in [5.74, 6) is 0.675. The molecule has 0 radical (unpaired) electrons.